The third-order valence-corrected chi connectivity index (χ3v) is 8.95. The molecule has 2 aromatic rings. The normalized spacial score (nSPS) is 22.9. The molecule has 6 rings (SSSR count). The maximum Gasteiger partial charge on any atom is 0.337 e. The molecule has 2 aromatic carbocycles. The Kier molecular flexibility index (Phi) is 7.14. The van der Waals surface area contributed by atoms with Crippen molar-refractivity contribution in [1.82, 2.24) is 5.32 Å². The van der Waals surface area contributed by atoms with Crippen molar-refractivity contribution in [3.05, 3.63) is 74.5 Å². The second-order valence-corrected chi connectivity index (χ2v) is 11.5. The lowest BCUT2D eigenvalue weighted by molar-refractivity contribution is -0.146. The van der Waals surface area contributed by atoms with Gasteiger partial charge >= 0.3 is 5.97 Å². The van der Waals surface area contributed by atoms with E-state index in [0.29, 0.717) is 41.2 Å². The number of esters is 1. The first kappa shape index (κ1) is 26.0. The molecule has 0 spiro atoms. The first-order chi connectivity index (χ1) is 18.9. The number of halogens is 1. The molecular formula is C31H32BrNO6. The second-order valence-electron chi connectivity index (χ2n) is 10.7. The van der Waals surface area contributed by atoms with Gasteiger partial charge in [0.25, 0.3) is 0 Å². The number of hydrogen-bond acceptors (Lipinski definition) is 7. The van der Waals surface area contributed by atoms with Crippen molar-refractivity contribution >= 4 is 27.7 Å². The number of methoxy groups -OCH3 is 1. The number of nitrogens with one attached hydrogen (secondary N) is 1. The number of ketones is 1. The molecule has 0 amide bonds. The van der Waals surface area contributed by atoms with Gasteiger partial charge in [0, 0.05) is 33.8 Å². The van der Waals surface area contributed by atoms with Crippen molar-refractivity contribution in [1.29, 1.82) is 0 Å². The minimum Gasteiger partial charge on any atom is -0.497 e. The molecule has 39 heavy (non-hydrogen) atoms. The Bertz CT molecular complexity index is 1370. The summed E-state index contributed by atoms with van der Waals surface area (Å²) in [5.41, 5.74) is 4.55. The maximum absolute atomic E-state index is 14.0. The molecular weight excluding hydrogens is 562 g/mol. The van der Waals surface area contributed by atoms with Gasteiger partial charge in [0.15, 0.2) is 17.3 Å². The highest BCUT2D eigenvalue weighted by atomic mass is 79.9. The standard InChI is InChI=1S/C31H32BrNO6/c1-17-28(31(35)39-21-6-4-3-5-7-21)29(22-14-26-27(15-23(22)32)38-16-37-26)30-24(33-17)12-19(13-25(30)34)18-8-10-20(36-2)11-9-18/h8-11,14-15,19,21,29,33H,3-7,12-13,16H2,1-2H3/t19-,29+/m1/s1. The minimum absolute atomic E-state index is 0.0228. The number of allylic oxidation sites excluding steroid dienone is 3. The summed E-state index contributed by atoms with van der Waals surface area (Å²) < 4.78 is 23.4. The van der Waals surface area contributed by atoms with Crippen LogP contribution in [0, 0.1) is 0 Å². The predicted octanol–water partition coefficient (Wildman–Crippen LogP) is 6.42. The van der Waals surface area contributed by atoms with E-state index in [1.165, 1.54) is 6.42 Å². The third-order valence-electron chi connectivity index (χ3n) is 8.26. The van der Waals surface area contributed by atoms with Crippen LogP contribution in [0.5, 0.6) is 17.2 Å². The summed E-state index contributed by atoms with van der Waals surface area (Å²) in [4.78, 5) is 27.8. The number of ether oxygens (including phenoxy) is 4. The van der Waals surface area contributed by atoms with E-state index in [9.17, 15) is 9.59 Å². The van der Waals surface area contributed by atoms with Gasteiger partial charge in [-0.3, -0.25) is 4.79 Å². The summed E-state index contributed by atoms with van der Waals surface area (Å²) in [6, 6.07) is 11.6. The molecule has 7 nitrogen and oxygen atoms in total. The Labute approximate surface area is 236 Å². The zero-order valence-corrected chi connectivity index (χ0v) is 23.8. The van der Waals surface area contributed by atoms with E-state index in [2.05, 4.69) is 21.2 Å². The largest absolute Gasteiger partial charge is 0.497 e. The molecule has 0 unspecified atom stereocenters. The number of carbonyl (C=O) groups excluding carboxylic acids is 2. The van der Waals surface area contributed by atoms with Crippen molar-refractivity contribution in [3.63, 3.8) is 0 Å². The number of fused-ring (bicyclic) bond motifs is 1. The first-order valence-corrected chi connectivity index (χ1v) is 14.4. The molecule has 0 bridgehead atoms. The lowest BCUT2D eigenvalue weighted by Gasteiger charge is -2.37. The zero-order valence-electron chi connectivity index (χ0n) is 22.2. The average Bonchev–Trinajstić information content (AvgIpc) is 3.39. The Morgan fingerprint density at radius 3 is 2.46 bits per heavy atom. The molecule has 0 saturated heterocycles. The number of Topliss-reactive ketones (excluding diaryl/α,β-unsaturated/α-hetero) is 1. The smallest absolute Gasteiger partial charge is 0.337 e. The molecule has 1 N–H and O–H groups in total. The fraction of sp³-hybridized carbons (Fsp3) is 0.419. The number of hydrogen-bond donors (Lipinski definition) is 1. The molecule has 1 saturated carbocycles. The van der Waals surface area contributed by atoms with Crippen LogP contribution >= 0.6 is 15.9 Å². The van der Waals surface area contributed by atoms with E-state index in [0.717, 1.165) is 52.7 Å². The van der Waals surface area contributed by atoms with Crippen LogP contribution in [0.2, 0.25) is 0 Å². The van der Waals surface area contributed by atoms with Crippen molar-refractivity contribution in [2.24, 2.45) is 0 Å². The summed E-state index contributed by atoms with van der Waals surface area (Å²) in [6.07, 6.45) is 5.97. The minimum atomic E-state index is -0.578. The van der Waals surface area contributed by atoms with Crippen molar-refractivity contribution < 1.29 is 28.5 Å². The van der Waals surface area contributed by atoms with E-state index >= 15 is 0 Å². The lowest BCUT2D eigenvalue weighted by Crippen LogP contribution is -2.37. The van der Waals surface area contributed by atoms with E-state index in [1.807, 2.05) is 43.3 Å². The van der Waals surface area contributed by atoms with Gasteiger partial charge < -0.3 is 24.3 Å². The zero-order chi connectivity index (χ0) is 27.1. The van der Waals surface area contributed by atoms with Crippen molar-refractivity contribution in [3.8, 4) is 17.2 Å². The molecule has 204 valence electrons. The molecule has 2 aliphatic carbocycles. The monoisotopic (exact) mass is 593 g/mol. The highest BCUT2D eigenvalue weighted by molar-refractivity contribution is 9.10. The molecule has 2 heterocycles. The SMILES string of the molecule is COc1ccc([C@H]2CC(=O)C3=C(C2)NC(C)=C(C(=O)OC2CCCCC2)[C@@H]3c2cc3c(cc2Br)OCO3)cc1. The van der Waals surface area contributed by atoms with E-state index < -0.39 is 5.92 Å². The van der Waals surface area contributed by atoms with Crippen LogP contribution in [0.4, 0.5) is 0 Å². The van der Waals surface area contributed by atoms with E-state index in [4.69, 9.17) is 18.9 Å². The first-order valence-electron chi connectivity index (χ1n) is 13.6. The van der Waals surface area contributed by atoms with Gasteiger partial charge in [-0.15, -0.1) is 0 Å². The molecule has 4 aliphatic rings. The topological polar surface area (TPSA) is 83.1 Å². The summed E-state index contributed by atoms with van der Waals surface area (Å²) in [7, 11) is 1.64. The van der Waals surface area contributed by atoms with Gasteiger partial charge in [0.05, 0.1) is 12.7 Å². The van der Waals surface area contributed by atoms with Gasteiger partial charge in [0.1, 0.15) is 11.9 Å². The van der Waals surface area contributed by atoms with Crippen LogP contribution < -0.4 is 19.5 Å². The Balaban J connectivity index is 1.40. The molecule has 2 atom stereocenters. The number of dihydropyridines is 1. The third kappa shape index (κ3) is 4.95. The molecule has 1 fully saturated rings. The Morgan fingerprint density at radius 1 is 1.03 bits per heavy atom. The molecule has 8 heteroatoms. The second kappa shape index (κ2) is 10.7. The van der Waals surface area contributed by atoms with E-state index in [-0.39, 0.29) is 30.6 Å². The molecule has 0 aromatic heterocycles. The summed E-state index contributed by atoms with van der Waals surface area (Å²) >= 11 is 3.70. The van der Waals surface area contributed by atoms with Gasteiger partial charge in [0.2, 0.25) is 6.79 Å². The van der Waals surface area contributed by atoms with Crippen LogP contribution in [0.1, 0.15) is 74.8 Å². The molecule has 0 radical (unpaired) electrons. The predicted molar refractivity (Wildman–Crippen MR) is 149 cm³/mol. The fourth-order valence-electron chi connectivity index (χ4n) is 6.28. The highest BCUT2D eigenvalue weighted by Crippen LogP contribution is 2.50. The van der Waals surface area contributed by atoms with Crippen LogP contribution in [0.3, 0.4) is 0 Å². The average molecular weight is 595 g/mol. The number of carbonyl (C=O) groups is 2. The Morgan fingerprint density at radius 2 is 1.74 bits per heavy atom. The van der Waals surface area contributed by atoms with Gasteiger partial charge in [-0.25, -0.2) is 4.79 Å². The highest BCUT2D eigenvalue weighted by Gasteiger charge is 2.43. The van der Waals surface area contributed by atoms with Crippen LogP contribution in [0.25, 0.3) is 0 Å². The summed E-state index contributed by atoms with van der Waals surface area (Å²) in [6.45, 7) is 2.04. The van der Waals surface area contributed by atoms with E-state index in [1.54, 1.807) is 7.11 Å². The van der Waals surface area contributed by atoms with Gasteiger partial charge in [-0.05, 0) is 80.3 Å². The molecule has 2 aliphatic heterocycles. The van der Waals surface area contributed by atoms with Gasteiger partial charge in [-0.1, -0.05) is 34.5 Å². The number of rotatable bonds is 5. The fourth-order valence-corrected chi connectivity index (χ4v) is 6.84. The van der Waals surface area contributed by atoms with Crippen molar-refractivity contribution in [2.75, 3.05) is 13.9 Å². The summed E-state index contributed by atoms with van der Waals surface area (Å²) in [5, 5.41) is 3.45. The van der Waals surface area contributed by atoms with Crippen LogP contribution in [-0.2, 0) is 14.3 Å². The maximum atomic E-state index is 14.0. The lowest BCUT2D eigenvalue weighted by atomic mass is 9.71. The Hall–Kier alpha value is -3.26. The quantitative estimate of drug-likeness (QED) is 0.400. The van der Waals surface area contributed by atoms with Crippen LogP contribution in [-0.4, -0.2) is 31.8 Å². The summed E-state index contributed by atoms with van der Waals surface area (Å²) in [5.74, 6) is 1.13. The van der Waals surface area contributed by atoms with Crippen molar-refractivity contribution in [2.45, 2.75) is 69.8 Å². The van der Waals surface area contributed by atoms with Gasteiger partial charge in [-0.2, -0.15) is 0 Å². The number of benzene rings is 2. The van der Waals surface area contributed by atoms with Crippen LogP contribution in [0.15, 0.2) is 63.4 Å².